The summed E-state index contributed by atoms with van der Waals surface area (Å²) in [7, 11) is 0. The number of nitrogen functional groups attached to an aromatic ring is 1. The molecule has 0 amide bonds. The Labute approximate surface area is 136 Å². The van der Waals surface area contributed by atoms with Gasteiger partial charge in [-0.3, -0.25) is 10.1 Å². The van der Waals surface area contributed by atoms with E-state index in [1.165, 1.54) is 12.4 Å². The van der Waals surface area contributed by atoms with Crippen LogP contribution in [0.3, 0.4) is 0 Å². The highest BCUT2D eigenvalue weighted by Crippen LogP contribution is 2.39. The molecule has 0 aliphatic heterocycles. The second-order valence-corrected chi connectivity index (χ2v) is 5.19. The molecule has 1 aromatic heterocycles. The van der Waals surface area contributed by atoms with E-state index < -0.39 is 4.92 Å². The second-order valence-electron chi connectivity index (χ2n) is 3.58. The van der Waals surface area contributed by atoms with E-state index in [0.29, 0.717) is 4.47 Å². The van der Waals surface area contributed by atoms with Gasteiger partial charge in [-0.1, -0.05) is 23.2 Å². The lowest BCUT2D eigenvalue weighted by Crippen LogP contribution is -2.10. The summed E-state index contributed by atoms with van der Waals surface area (Å²) in [6.07, 6.45) is 1.18. The Morgan fingerprint density at radius 3 is 2.62 bits per heavy atom. The molecule has 0 unspecified atom stereocenters. The van der Waals surface area contributed by atoms with Gasteiger partial charge >= 0.3 is 5.69 Å². The number of aromatic nitrogens is 2. The van der Waals surface area contributed by atoms with Crippen molar-refractivity contribution in [3.63, 3.8) is 0 Å². The van der Waals surface area contributed by atoms with Gasteiger partial charge in [0.2, 0.25) is 11.6 Å². The first-order chi connectivity index (χ1) is 9.93. The molecule has 11 heteroatoms. The van der Waals surface area contributed by atoms with Crippen molar-refractivity contribution in [2.75, 3.05) is 5.43 Å². The van der Waals surface area contributed by atoms with Crippen LogP contribution in [0.25, 0.3) is 0 Å². The highest BCUT2D eigenvalue weighted by Gasteiger charge is 2.21. The third-order valence-corrected chi connectivity index (χ3v) is 3.74. The fraction of sp³-hybridized carbons (Fsp3) is 0. The van der Waals surface area contributed by atoms with E-state index in [-0.39, 0.29) is 33.2 Å². The molecule has 110 valence electrons. The van der Waals surface area contributed by atoms with Gasteiger partial charge in [-0.15, -0.1) is 0 Å². The quantitative estimate of drug-likeness (QED) is 0.462. The summed E-state index contributed by atoms with van der Waals surface area (Å²) in [6.45, 7) is 0. The van der Waals surface area contributed by atoms with Gasteiger partial charge in [-0.25, -0.2) is 15.8 Å². The average Bonchev–Trinajstić information content (AvgIpc) is 2.44. The second kappa shape index (κ2) is 6.39. The normalized spacial score (nSPS) is 10.3. The molecule has 0 saturated carbocycles. The molecule has 0 atom stereocenters. The Bertz CT molecular complexity index is 715. The van der Waals surface area contributed by atoms with E-state index in [2.05, 4.69) is 31.3 Å². The van der Waals surface area contributed by atoms with Gasteiger partial charge in [0.05, 0.1) is 15.0 Å². The number of nitrogens with one attached hydrogen (secondary N) is 1. The number of nitro groups is 1. The number of hydrogen-bond acceptors (Lipinski definition) is 7. The molecule has 8 nitrogen and oxygen atoms in total. The molecular formula is C10H6BrCl2N5O3. The number of benzene rings is 1. The first-order valence-corrected chi connectivity index (χ1v) is 6.77. The van der Waals surface area contributed by atoms with Crippen LogP contribution >= 0.6 is 39.1 Å². The molecule has 0 fully saturated rings. The third-order valence-electron chi connectivity index (χ3n) is 2.30. The van der Waals surface area contributed by atoms with Crippen molar-refractivity contribution in [2.45, 2.75) is 0 Å². The van der Waals surface area contributed by atoms with Crippen LogP contribution in [-0.2, 0) is 0 Å². The zero-order chi connectivity index (χ0) is 15.6. The summed E-state index contributed by atoms with van der Waals surface area (Å²) >= 11 is 14.8. The molecular weight excluding hydrogens is 389 g/mol. The number of hydrazine groups is 1. The zero-order valence-corrected chi connectivity index (χ0v) is 13.1. The zero-order valence-electron chi connectivity index (χ0n) is 10.0. The van der Waals surface area contributed by atoms with Crippen molar-refractivity contribution < 1.29 is 9.66 Å². The number of hydrogen-bond donors (Lipinski definition) is 2. The van der Waals surface area contributed by atoms with Crippen molar-refractivity contribution in [3.05, 3.63) is 43.1 Å². The highest BCUT2D eigenvalue weighted by atomic mass is 79.9. The summed E-state index contributed by atoms with van der Waals surface area (Å²) in [5.74, 6) is 5.43. The van der Waals surface area contributed by atoms with Crippen LogP contribution in [0.5, 0.6) is 11.6 Å². The van der Waals surface area contributed by atoms with Crippen LogP contribution in [0.15, 0.2) is 22.9 Å². The summed E-state index contributed by atoms with van der Waals surface area (Å²) in [5.41, 5.74) is 1.97. The Kier molecular flexibility index (Phi) is 4.78. The maximum Gasteiger partial charge on any atom is 0.313 e. The lowest BCUT2D eigenvalue weighted by molar-refractivity contribution is -0.385. The average molecular weight is 395 g/mol. The molecule has 2 rings (SSSR count). The van der Waals surface area contributed by atoms with Gasteiger partial charge < -0.3 is 10.2 Å². The van der Waals surface area contributed by atoms with E-state index in [0.717, 1.165) is 6.07 Å². The van der Waals surface area contributed by atoms with Crippen LogP contribution < -0.4 is 16.0 Å². The summed E-state index contributed by atoms with van der Waals surface area (Å²) in [4.78, 5) is 18.1. The van der Waals surface area contributed by atoms with E-state index >= 15 is 0 Å². The third kappa shape index (κ3) is 3.32. The summed E-state index contributed by atoms with van der Waals surface area (Å²) in [6, 6.07) is 2.32. The summed E-state index contributed by atoms with van der Waals surface area (Å²) < 4.78 is 5.70. The van der Waals surface area contributed by atoms with Gasteiger partial charge in [0.1, 0.15) is 10.8 Å². The smallest absolute Gasteiger partial charge is 0.313 e. The van der Waals surface area contributed by atoms with Crippen molar-refractivity contribution in [1.82, 2.24) is 9.97 Å². The maximum absolute atomic E-state index is 11.0. The fourth-order valence-corrected chi connectivity index (χ4v) is 2.08. The fourth-order valence-electron chi connectivity index (χ4n) is 1.37. The standard InChI is InChI=1S/C10H6BrCl2N5O3/c11-8-9(17-14)15-3-16-10(8)21-7-2-5(13)4(12)1-6(7)18(19)20/h1-3H,14H2,(H,15,16,17). The number of nitrogens with two attached hydrogens (primary N) is 1. The Morgan fingerprint density at radius 1 is 1.33 bits per heavy atom. The van der Waals surface area contributed by atoms with E-state index in [1.807, 2.05) is 0 Å². The molecule has 1 heterocycles. The predicted octanol–water partition coefficient (Wildman–Crippen LogP) is 3.53. The van der Waals surface area contributed by atoms with E-state index in [1.54, 1.807) is 0 Å². The van der Waals surface area contributed by atoms with E-state index in [9.17, 15) is 10.1 Å². The van der Waals surface area contributed by atoms with E-state index in [4.69, 9.17) is 33.8 Å². The van der Waals surface area contributed by atoms with Gasteiger partial charge in [-0.2, -0.15) is 0 Å². The number of rotatable bonds is 4. The first-order valence-electron chi connectivity index (χ1n) is 5.22. The van der Waals surface area contributed by atoms with Gasteiger partial charge in [0, 0.05) is 12.1 Å². The van der Waals surface area contributed by atoms with Crippen LogP contribution in [-0.4, -0.2) is 14.9 Å². The Hall–Kier alpha value is -1.68. The number of nitrogens with zero attached hydrogens (tertiary/aromatic N) is 3. The van der Waals surface area contributed by atoms with Gasteiger partial charge in [-0.05, 0) is 15.9 Å². The van der Waals surface area contributed by atoms with Gasteiger partial charge in [0.25, 0.3) is 0 Å². The SMILES string of the molecule is NNc1ncnc(Oc2cc(Cl)c(Cl)cc2[N+](=O)[O-])c1Br. The van der Waals surface area contributed by atoms with Crippen molar-refractivity contribution in [1.29, 1.82) is 0 Å². The minimum atomic E-state index is -0.644. The molecule has 1 aromatic carbocycles. The van der Waals surface area contributed by atoms with Crippen LogP contribution in [0.2, 0.25) is 10.0 Å². The van der Waals surface area contributed by atoms with Gasteiger partial charge in [0.15, 0.2) is 5.82 Å². The monoisotopic (exact) mass is 393 g/mol. The molecule has 0 aliphatic rings. The Balaban J connectivity index is 2.49. The van der Waals surface area contributed by atoms with Crippen LogP contribution in [0.4, 0.5) is 11.5 Å². The largest absolute Gasteiger partial charge is 0.430 e. The molecule has 21 heavy (non-hydrogen) atoms. The predicted molar refractivity (Wildman–Crippen MR) is 80.7 cm³/mol. The molecule has 3 N–H and O–H groups in total. The molecule has 0 radical (unpaired) electrons. The van der Waals surface area contributed by atoms with Crippen LogP contribution in [0.1, 0.15) is 0 Å². The number of halogens is 3. The molecule has 0 spiro atoms. The lowest BCUT2D eigenvalue weighted by Gasteiger charge is -2.09. The summed E-state index contributed by atoms with van der Waals surface area (Å²) in [5, 5.41) is 11.2. The first kappa shape index (κ1) is 15.7. The lowest BCUT2D eigenvalue weighted by atomic mass is 10.3. The maximum atomic E-state index is 11.0. The molecule has 2 aromatic rings. The number of anilines is 1. The molecule has 0 bridgehead atoms. The number of ether oxygens (including phenoxy) is 1. The Morgan fingerprint density at radius 2 is 2.00 bits per heavy atom. The minimum Gasteiger partial charge on any atom is -0.430 e. The topological polar surface area (TPSA) is 116 Å². The van der Waals surface area contributed by atoms with Crippen molar-refractivity contribution in [2.24, 2.45) is 5.84 Å². The number of nitro benzene ring substituents is 1. The highest BCUT2D eigenvalue weighted by molar-refractivity contribution is 9.10. The van der Waals surface area contributed by atoms with Crippen LogP contribution in [0, 0.1) is 10.1 Å². The van der Waals surface area contributed by atoms with Crippen molar-refractivity contribution in [3.8, 4) is 11.6 Å². The molecule has 0 saturated heterocycles. The molecule has 0 aliphatic carbocycles. The van der Waals surface area contributed by atoms with Crippen molar-refractivity contribution >= 4 is 50.6 Å². The minimum absolute atomic E-state index is 0.0273.